The van der Waals surface area contributed by atoms with Crippen molar-refractivity contribution in [1.82, 2.24) is 9.88 Å². The van der Waals surface area contributed by atoms with E-state index in [1.165, 1.54) is 22.2 Å². The van der Waals surface area contributed by atoms with Crippen molar-refractivity contribution in [3.05, 3.63) is 35.5 Å². The lowest BCUT2D eigenvalue weighted by atomic mass is 10.1. The number of aryl methyl sites for hydroxylation is 1. The van der Waals surface area contributed by atoms with Crippen molar-refractivity contribution < 1.29 is 4.79 Å². The molecule has 0 saturated carbocycles. The van der Waals surface area contributed by atoms with Gasteiger partial charge in [-0.3, -0.25) is 4.79 Å². The molecule has 1 atom stereocenters. The molecule has 2 aliphatic rings. The van der Waals surface area contributed by atoms with E-state index in [1.807, 2.05) is 11.9 Å². The van der Waals surface area contributed by atoms with Gasteiger partial charge in [-0.1, -0.05) is 18.2 Å². The number of nitrogens with one attached hydrogen (secondary N) is 1. The largest absolute Gasteiger partial charge is 0.355 e. The highest BCUT2D eigenvalue weighted by Crippen LogP contribution is 2.53. The molecule has 1 saturated heterocycles. The molecule has 1 amide bonds. The summed E-state index contributed by atoms with van der Waals surface area (Å²) in [6.07, 6.45) is 2.09. The van der Waals surface area contributed by atoms with Crippen LogP contribution in [-0.2, 0) is 16.1 Å². The summed E-state index contributed by atoms with van der Waals surface area (Å²) in [5, 5.41) is 1.32. The Morgan fingerprint density at radius 2 is 2.22 bits per heavy atom. The standard InChI is InChI=1S/C14H14N2OS/c1-16-12(17)8-18-14(16)7-6-10-9-4-2-3-5-11(9)15-13(10)14/h2-5,15H,6-8H2,1H3. The van der Waals surface area contributed by atoms with Gasteiger partial charge in [0.25, 0.3) is 0 Å². The molecule has 1 aromatic carbocycles. The summed E-state index contributed by atoms with van der Waals surface area (Å²) in [6, 6.07) is 8.42. The monoisotopic (exact) mass is 258 g/mol. The third kappa shape index (κ3) is 1.09. The third-order valence-corrected chi connectivity index (χ3v) is 5.82. The molecule has 1 spiro atoms. The van der Waals surface area contributed by atoms with Crippen molar-refractivity contribution >= 4 is 28.6 Å². The normalized spacial score (nSPS) is 26.5. The number of aromatic amines is 1. The summed E-state index contributed by atoms with van der Waals surface area (Å²) in [7, 11) is 1.93. The smallest absolute Gasteiger partial charge is 0.233 e. The Morgan fingerprint density at radius 1 is 1.39 bits per heavy atom. The lowest BCUT2D eigenvalue weighted by Crippen LogP contribution is -2.37. The number of thioether (sulfide) groups is 1. The van der Waals surface area contributed by atoms with Gasteiger partial charge < -0.3 is 9.88 Å². The molecular formula is C14H14N2OS. The van der Waals surface area contributed by atoms with Crippen LogP contribution >= 0.6 is 11.8 Å². The SMILES string of the molecule is CN1C(=O)CSC12CCc1c2[nH]c2ccccc12. The van der Waals surface area contributed by atoms with E-state index in [4.69, 9.17) is 0 Å². The van der Waals surface area contributed by atoms with E-state index in [1.54, 1.807) is 11.8 Å². The number of amides is 1. The minimum Gasteiger partial charge on any atom is -0.355 e. The van der Waals surface area contributed by atoms with Gasteiger partial charge >= 0.3 is 0 Å². The molecule has 1 aromatic heterocycles. The minimum atomic E-state index is -0.133. The number of rotatable bonds is 0. The van der Waals surface area contributed by atoms with Crippen molar-refractivity contribution in [2.24, 2.45) is 0 Å². The maximum Gasteiger partial charge on any atom is 0.233 e. The summed E-state index contributed by atoms with van der Waals surface area (Å²) in [6.45, 7) is 0. The van der Waals surface area contributed by atoms with Gasteiger partial charge in [0.1, 0.15) is 4.87 Å². The van der Waals surface area contributed by atoms with Crippen molar-refractivity contribution in [1.29, 1.82) is 0 Å². The molecule has 4 heteroatoms. The molecule has 18 heavy (non-hydrogen) atoms. The van der Waals surface area contributed by atoms with Crippen LogP contribution < -0.4 is 0 Å². The Labute approximate surface area is 110 Å². The second-order valence-electron chi connectivity index (χ2n) is 5.05. The highest BCUT2D eigenvalue weighted by atomic mass is 32.2. The van der Waals surface area contributed by atoms with Crippen LogP contribution in [0.4, 0.5) is 0 Å². The van der Waals surface area contributed by atoms with Gasteiger partial charge in [0, 0.05) is 18.0 Å². The number of carbonyl (C=O) groups is 1. The first-order chi connectivity index (χ1) is 8.72. The Hall–Kier alpha value is -1.42. The average molecular weight is 258 g/mol. The maximum absolute atomic E-state index is 11.9. The zero-order chi connectivity index (χ0) is 12.3. The molecule has 1 aliphatic heterocycles. The Morgan fingerprint density at radius 3 is 3.00 bits per heavy atom. The molecule has 1 aliphatic carbocycles. The summed E-state index contributed by atoms with van der Waals surface area (Å²) in [5.41, 5.74) is 3.84. The van der Waals surface area contributed by atoms with Crippen LogP contribution in [0.1, 0.15) is 17.7 Å². The van der Waals surface area contributed by atoms with E-state index >= 15 is 0 Å². The van der Waals surface area contributed by atoms with E-state index in [-0.39, 0.29) is 10.8 Å². The molecule has 1 fully saturated rings. The van der Waals surface area contributed by atoms with Crippen molar-refractivity contribution in [3.63, 3.8) is 0 Å². The topological polar surface area (TPSA) is 36.1 Å². The van der Waals surface area contributed by atoms with Crippen LogP contribution in [0.15, 0.2) is 24.3 Å². The molecule has 2 heterocycles. The fourth-order valence-electron chi connectivity index (χ4n) is 3.27. The lowest BCUT2D eigenvalue weighted by Gasteiger charge is -2.30. The van der Waals surface area contributed by atoms with Gasteiger partial charge in [-0.05, 0) is 24.5 Å². The van der Waals surface area contributed by atoms with Gasteiger partial charge in [-0.15, -0.1) is 11.8 Å². The second kappa shape index (κ2) is 3.32. The molecule has 1 N–H and O–H groups in total. The van der Waals surface area contributed by atoms with Crippen LogP contribution in [-0.4, -0.2) is 28.6 Å². The first kappa shape index (κ1) is 10.5. The molecular weight excluding hydrogens is 244 g/mol. The number of nitrogens with zero attached hydrogens (tertiary/aromatic N) is 1. The van der Waals surface area contributed by atoms with Crippen molar-refractivity contribution in [2.45, 2.75) is 17.7 Å². The first-order valence-electron chi connectivity index (χ1n) is 6.23. The third-order valence-electron chi connectivity index (χ3n) is 4.27. The van der Waals surface area contributed by atoms with Crippen LogP contribution in [0.3, 0.4) is 0 Å². The molecule has 92 valence electrons. The van der Waals surface area contributed by atoms with Crippen LogP contribution in [0.5, 0.6) is 0 Å². The van der Waals surface area contributed by atoms with Gasteiger partial charge in [-0.2, -0.15) is 0 Å². The van der Waals surface area contributed by atoms with Crippen LogP contribution in [0.25, 0.3) is 10.9 Å². The summed E-state index contributed by atoms with van der Waals surface area (Å²) < 4.78 is 0. The number of hydrogen-bond acceptors (Lipinski definition) is 2. The quantitative estimate of drug-likeness (QED) is 0.788. The molecule has 3 nitrogen and oxygen atoms in total. The van der Waals surface area contributed by atoms with Gasteiger partial charge in [-0.25, -0.2) is 0 Å². The molecule has 2 aromatic rings. The highest BCUT2D eigenvalue weighted by Gasteiger charge is 2.50. The number of benzene rings is 1. The fraction of sp³-hybridized carbons (Fsp3) is 0.357. The first-order valence-corrected chi connectivity index (χ1v) is 7.21. The Kier molecular flexibility index (Phi) is 1.94. The Balaban J connectivity index is 1.97. The summed E-state index contributed by atoms with van der Waals surface area (Å²) in [5.74, 6) is 0.845. The molecule has 0 radical (unpaired) electrons. The molecule has 4 rings (SSSR count). The highest BCUT2D eigenvalue weighted by molar-refractivity contribution is 8.01. The predicted octanol–water partition coefficient (Wildman–Crippen LogP) is 2.47. The summed E-state index contributed by atoms with van der Waals surface area (Å²) in [4.78, 5) is 17.2. The maximum atomic E-state index is 11.9. The van der Waals surface area contributed by atoms with E-state index < -0.39 is 0 Å². The van der Waals surface area contributed by atoms with Crippen molar-refractivity contribution in [3.8, 4) is 0 Å². The number of aromatic nitrogens is 1. The van der Waals surface area contributed by atoms with Gasteiger partial charge in [0.2, 0.25) is 5.91 Å². The predicted molar refractivity (Wildman–Crippen MR) is 73.5 cm³/mol. The van der Waals surface area contributed by atoms with E-state index in [0.717, 1.165) is 12.8 Å². The molecule has 1 unspecified atom stereocenters. The van der Waals surface area contributed by atoms with Crippen molar-refractivity contribution in [2.75, 3.05) is 12.8 Å². The lowest BCUT2D eigenvalue weighted by molar-refractivity contribution is -0.128. The van der Waals surface area contributed by atoms with Crippen LogP contribution in [0.2, 0.25) is 0 Å². The minimum absolute atomic E-state index is 0.133. The fourth-order valence-corrected chi connectivity index (χ4v) is 4.68. The summed E-state index contributed by atoms with van der Waals surface area (Å²) >= 11 is 1.77. The number of para-hydroxylation sites is 1. The average Bonchev–Trinajstić information content (AvgIpc) is 3.00. The number of fused-ring (bicyclic) bond motifs is 4. The Bertz CT molecular complexity index is 663. The van der Waals surface area contributed by atoms with E-state index in [0.29, 0.717) is 5.75 Å². The van der Waals surface area contributed by atoms with Crippen LogP contribution in [0, 0.1) is 0 Å². The van der Waals surface area contributed by atoms with E-state index in [9.17, 15) is 4.79 Å². The number of carbonyl (C=O) groups excluding carboxylic acids is 1. The zero-order valence-corrected chi connectivity index (χ0v) is 11.0. The van der Waals surface area contributed by atoms with Gasteiger partial charge in [0.15, 0.2) is 0 Å². The number of hydrogen-bond donors (Lipinski definition) is 1. The van der Waals surface area contributed by atoms with E-state index in [2.05, 4.69) is 29.2 Å². The molecule has 0 bridgehead atoms. The number of H-pyrrole nitrogens is 1. The van der Waals surface area contributed by atoms with Gasteiger partial charge in [0.05, 0.1) is 11.4 Å². The zero-order valence-electron chi connectivity index (χ0n) is 10.2. The second-order valence-corrected chi connectivity index (χ2v) is 6.30.